The topological polar surface area (TPSA) is 32.3 Å². The van der Waals surface area contributed by atoms with Crippen molar-refractivity contribution in [3.05, 3.63) is 35.5 Å². The fourth-order valence-corrected chi connectivity index (χ4v) is 1.67. The predicted molar refractivity (Wildman–Crippen MR) is 62.0 cm³/mol. The van der Waals surface area contributed by atoms with Gasteiger partial charge in [-0.25, -0.2) is 0 Å². The van der Waals surface area contributed by atoms with Gasteiger partial charge >= 0.3 is 0 Å². The zero-order valence-electron chi connectivity index (χ0n) is 9.16. The molecule has 1 N–H and O–H groups in total. The molecular weight excluding hydrogens is 188 g/mol. The molecule has 0 fully saturated rings. The van der Waals surface area contributed by atoms with Crippen LogP contribution in [0.5, 0.6) is 0 Å². The monoisotopic (exact) mass is 202 g/mol. The highest BCUT2D eigenvalue weighted by atomic mass is 16.2. The number of amides is 1. The summed E-state index contributed by atoms with van der Waals surface area (Å²) in [7, 11) is 1.79. The van der Waals surface area contributed by atoms with Gasteiger partial charge in [-0.05, 0) is 31.5 Å². The van der Waals surface area contributed by atoms with Gasteiger partial charge in [0.05, 0.1) is 11.4 Å². The maximum Gasteiger partial charge on any atom is 0.252 e. The van der Waals surface area contributed by atoms with Crippen molar-refractivity contribution in [3.63, 3.8) is 0 Å². The van der Waals surface area contributed by atoms with E-state index in [1.165, 1.54) is 0 Å². The molecular formula is C12H14N2O. The van der Waals surface area contributed by atoms with Gasteiger partial charge in [0.1, 0.15) is 0 Å². The van der Waals surface area contributed by atoms with Crippen molar-refractivity contribution in [2.75, 3.05) is 17.3 Å². The molecule has 3 nitrogen and oxygen atoms in total. The van der Waals surface area contributed by atoms with E-state index in [4.69, 9.17) is 0 Å². The Labute approximate surface area is 89.4 Å². The quantitative estimate of drug-likeness (QED) is 0.700. The van der Waals surface area contributed by atoms with Crippen LogP contribution in [0.2, 0.25) is 0 Å². The van der Waals surface area contributed by atoms with Crippen LogP contribution in [0.3, 0.4) is 0 Å². The highest BCUT2D eigenvalue weighted by molar-refractivity contribution is 6.05. The zero-order chi connectivity index (χ0) is 11.0. The van der Waals surface area contributed by atoms with Crippen molar-refractivity contribution >= 4 is 17.3 Å². The lowest BCUT2D eigenvalue weighted by molar-refractivity contribution is -0.113. The summed E-state index contributed by atoms with van der Waals surface area (Å²) in [6.07, 6.45) is 1.61. The molecule has 1 aromatic rings. The normalized spacial score (nSPS) is 15.3. The molecule has 78 valence electrons. The van der Waals surface area contributed by atoms with Gasteiger partial charge in [0, 0.05) is 18.8 Å². The number of nitrogens with zero attached hydrogens (tertiary/aromatic N) is 1. The lowest BCUT2D eigenvalue weighted by Gasteiger charge is -2.17. The van der Waals surface area contributed by atoms with Gasteiger partial charge in [0.2, 0.25) is 0 Å². The largest absolute Gasteiger partial charge is 0.357 e. The second-order valence-electron chi connectivity index (χ2n) is 3.87. The summed E-state index contributed by atoms with van der Waals surface area (Å²) in [4.78, 5) is 13.4. The van der Waals surface area contributed by atoms with Crippen LogP contribution < -0.4 is 10.2 Å². The molecule has 0 spiro atoms. The van der Waals surface area contributed by atoms with Crippen LogP contribution in [0.4, 0.5) is 11.4 Å². The van der Waals surface area contributed by atoms with Gasteiger partial charge in [-0.1, -0.05) is 6.07 Å². The molecule has 15 heavy (non-hydrogen) atoms. The SMILES string of the molecule is CC1=CC(=O)N(C)c2cc(C)ccc2N1. The number of aryl methyl sites for hydroxylation is 1. The van der Waals surface area contributed by atoms with Gasteiger partial charge in [-0.2, -0.15) is 0 Å². The summed E-state index contributed by atoms with van der Waals surface area (Å²) in [6.45, 7) is 3.91. The van der Waals surface area contributed by atoms with Crippen LogP contribution in [0, 0.1) is 6.92 Å². The number of nitrogens with one attached hydrogen (secondary N) is 1. The fraction of sp³-hybridized carbons (Fsp3) is 0.250. The minimum Gasteiger partial charge on any atom is -0.357 e. The van der Waals surface area contributed by atoms with Crippen molar-refractivity contribution in [1.29, 1.82) is 0 Å². The Hall–Kier alpha value is -1.77. The molecule has 1 amide bonds. The van der Waals surface area contributed by atoms with Crippen molar-refractivity contribution < 1.29 is 4.79 Å². The highest BCUT2D eigenvalue weighted by Crippen LogP contribution is 2.29. The first-order valence-electron chi connectivity index (χ1n) is 4.91. The summed E-state index contributed by atoms with van der Waals surface area (Å²) >= 11 is 0. The Morgan fingerprint density at radius 2 is 2.00 bits per heavy atom. The van der Waals surface area contributed by atoms with Crippen molar-refractivity contribution in [1.82, 2.24) is 0 Å². The average molecular weight is 202 g/mol. The van der Waals surface area contributed by atoms with Crippen molar-refractivity contribution in [2.24, 2.45) is 0 Å². The number of hydrogen-bond donors (Lipinski definition) is 1. The van der Waals surface area contributed by atoms with Gasteiger partial charge in [0.15, 0.2) is 0 Å². The van der Waals surface area contributed by atoms with E-state index in [1.54, 1.807) is 18.0 Å². The number of carbonyl (C=O) groups is 1. The Balaban J connectivity index is 2.57. The van der Waals surface area contributed by atoms with Crippen LogP contribution in [0.15, 0.2) is 30.0 Å². The molecule has 3 heteroatoms. The molecule has 2 rings (SSSR count). The molecule has 0 aromatic heterocycles. The maximum atomic E-state index is 11.7. The molecule has 1 aromatic carbocycles. The number of carbonyl (C=O) groups excluding carboxylic acids is 1. The minimum absolute atomic E-state index is 0.00403. The Kier molecular flexibility index (Phi) is 2.23. The zero-order valence-corrected chi connectivity index (χ0v) is 9.16. The van der Waals surface area contributed by atoms with E-state index in [-0.39, 0.29) is 5.91 Å². The summed E-state index contributed by atoms with van der Waals surface area (Å²) < 4.78 is 0. The third-order valence-corrected chi connectivity index (χ3v) is 2.52. The standard InChI is InChI=1S/C12H14N2O/c1-8-4-5-10-11(6-8)14(3)12(15)7-9(2)13-10/h4-7,13H,1-3H3. The summed E-state index contributed by atoms with van der Waals surface area (Å²) in [5, 5.41) is 3.21. The molecule has 0 bridgehead atoms. The van der Waals surface area contributed by atoms with E-state index in [0.29, 0.717) is 0 Å². The number of likely N-dealkylation sites (N-methyl/N-ethyl adjacent to an activating group) is 1. The molecule has 0 unspecified atom stereocenters. The molecule has 0 atom stereocenters. The van der Waals surface area contributed by atoms with Gasteiger partial charge in [-0.15, -0.1) is 0 Å². The highest BCUT2D eigenvalue weighted by Gasteiger charge is 2.16. The number of hydrogen-bond acceptors (Lipinski definition) is 2. The molecule has 1 heterocycles. The van der Waals surface area contributed by atoms with Gasteiger partial charge < -0.3 is 10.2 Å². The summed E-state index contributed by atoms with van der Waals surface area (Å²) in [5.74, 6) is 0.00403. The first kappa shape index (κ1) is 9.77. The van der Waals surface area contributed by atoms with Crippen LogP contribution in [0.1, 0.15) is 12.5 Å². The molecule has 0 saturated carbocycles. The Morgan fingerprint density at radius 1 is 1.27 bits per heavy atom. The molecule has 0 radical (unpaired) electrons. The second-order valence-corrected chi connectivity index (χ2v) is 3.87. The number of benzene rings is 1. The van der Waals surface area contributed by atoms with Gasteiger partial charge in [0.25, 0.3) is 5.91 Å². The minimum atomic E-state index is 0.00403. The molecule has 1 aliphatic heterocycles. The smallest absolute Gasteiger partial charge is 0.252 e. The number of anilines is 2. The van der Waals surface area contributed by atoms with Crippen molar-refractivity contribution in [2.45, 2.75) is 13.8 Å². The first-order valence-corrected chi connectivity index (χ1v) is 4.91. The number of allylic oxidation sites excluding steroid dienone is 1. The number of fused-ring (bicyclic) bond motifs is 1. The third kappa shape index (κ3) is 1.73. The van der Waals surface area contributed by atoms with Crippen LogP contribution in [-0.2, 0) is 4.79 Å². The average Bonchev–Trinajstić information content (AvgIpc) is 2.27. The first-order chi connectivity index (χ1) is 7.08. The van der Waals surface area contributed by atoms with E-state index < -0.39 is 0 Å². The number of rotatable bonds is 0. The molecule has 0 saturated heterocycles. The molecule has 0 aliphatic carbocycles. The molecule has 1 aliphatic rings. The van der Waals surface area contributed by atoms with E-state index >= 15 is 0 Å². The van der Waals surface area contributed by atoms with Crippen LogP contribution in [-0.4, -0.2) is 13.0 Å². The fourth-order valence-electron chi connectivity index (χ4n) is 1.67. The van der Waals surface area contributed by atoms with Gasteiger partial charge in [-0.3, -0.25) is 4.79 Å². The van der Waals surface area contributed by atoms with E-state index in [9.17, 15) is 4.79 Å². The van der Waals surface area contributed by atoms with Crippen LogP contribution >= 0.6 is 0 Å². The third-order valence-electron chi connectivity index (χ3n) is 2.52. The predicted octanol–water partition coefficient (Wildman–Crippen LogP) is 2.29. The van der Waals surface area contributed by atoms with E-state index in [0.717, 1.165) is 22.6 Å². The Bertz CT molecular complexity index is 449. The summed E-state index contributed by atoms with van der Waals surface area (Å²) in [6, 6.07) is 6.03. The lowest BCUT2D eigenvalue weighted by atomic mass is 10.2. The van der Waals surface area contributed by atoms with Crippen LogP contribution in [0.25, 0.3) is 0 Å². The second kappa shape index (κ2) is 3.42. The van der Waals surface area contributed by atoms with E-state index in [2.05, 4.69) is 5.32 Å². The Morgan fingerprint density at radius 3 is 2.73 bits per heavy atom. The van der Waals surface area contributed by atoms with Crippen molar-refractivity contribution in [3.8, 4) is 0 Å². The summed E-state index contributed by atoms with van der Waals surface area (Å²) in [5.41, 5.74) is 3.92. The van der Waals surface area contributed by atoms with E-state index in [1.807, 2.05) is 32.0 Å². The lowest BCUT2D eigenvalue weighted by Crippen LogP contribution is -2.23. The maximum absolute atomic E-state index is 11.7.